The molecule has 5 nitrogen and oxygen atoms in total. The number of aromatic nitrogens is 2. The number of hydrogen-bond acceptors (Lipinski definition) is 4. The Balaban J connectivity index is 1.78. The van der Waals surface area contributed by atoms with Crippen molar-refractivity contribution in [3.8, 4) is 5.75 Å². The Morgan fingerprint density at radius 2 is 2.14 bits per heavy atom. The predicted molar refractivity (Wildman–Crippen MR) is 87.0 cm³/mol. The minimum Gasteiger partial charge on any atom is -0.491 e. The van der Waals surface area contributed by atoms with Gasteiger partial charge in [-0.25, -0.2) is 0 Å². The van der Waals surface area contributed by atoms with Gasteiger partial charge in [-0.05, 0) is 32.5 Å². The Bertz CT molecular complexity index is 610. The lowest BCUT2D eigenvalue weighted by Crippen LogP contribution is -2.32. The molecule has 0 saturated carbocycles. The molecule has 120 valence electrons. The maximum absolute atomic E-state index is 10.1. The van der Waals surface area contributed by atoms with Gasteiger partial charge in [0.15, 0.2) is 0 Å². The highest BCUT2D eigenvalue weighted by atomic mass is 16.5. The lowest BCUT2D eigenvalue weighted by molar-refractivity contribution is 0.0741. The molecule has 0 aliphatic carbocycles. The first-order chi connectivity index (χ1) is 10.4. The van der Waals surface area contributed by atoms with Crippen LogP contribution in [0.15, 0.2) is 30.6 Å². The Morgan fingerprint density at radius 1 is 1.36 bits per heavy atom. The lowest BCUT2D eigenvalue weighted by atomic mass is 10.1. The van der Waals surface area contributed by atoms with Crippen molar-refractivity contribution in [2.45, 2.75) is 26.5 Å². The van der Waals surface area contributed by atoms with Crippen LogP contribution in [0.3, 0.4) is 0 Å². The van der Waals surface area contributed by atoms with Gasteiger partial charge in [-0.15, -0.1) is 0 Å². The van der Waals surface area contributed by atoms with Crippen molar-refractivity contribution in [3.05, 3.63) is 47.3 Å². The predicted octanol–water partition coefficient (Wildman–Crippen LogP) is 1.91. The van der Waals surface area contributed by atoms with E-state index in [2.05, 4.69) is 23.0 Å². The van der Waals surface area contributed by atoms with Crippen molar-refractivity contribution < 1.29 is 9.84 Å². The van der Waals surface area contributed by atoms with Gasteiger partial charge in [-0.2, -0.15) is 5.10 Å². The third-order valence-electron chi connectivity index (χ3n) is 3.49. The van der Waals surface area contributed by atoms with Crippen LogP contribution in [-0.2, 0) is 13.6 Å². The lowest BCUT2D eigenvalue weighted by Gasteiger charge is -2.20. The van der Waals surface area contributed by atoms with Gasteiger partial charge in [-0.1, -0.05) is 17.7 Å². The van der Waals surface area contributed by atoms with Crippen LogP contribution in [0.5, 0.6) is 5.75 Å². The highest BCUT2D eigenvalue weighted by molar-refractivity contribution is 5.35. The van der Waals surface area contributed by atoms with Gasteiger partial charge in [0.25, 0.3) is 0 Å². The molecule has 0 saturated heterocycles. The van der Waals surface area contributed by atoms with Crippen molar-refractivity contribution in [1.29, 1.82) is 0 Å². The fourth-order valence-electron chi connectivity index (χ4n) is 2.49. The number of likely N-dealkylation sites (N-methyl/N-ethyl adjacent to an activating group) is 1. The molecule has 1 unspecified atom stereocenters. The molecule has 0 amide bonds. The van der Waals surface area contributed by atoms with Crippen molar-refractivity contribution >= 4 is 0 Å². The number of benzene rings is 1. The molecule has 0 fully saturated rings. The van der Waals surface area contributed by atoms with Gasteiger partial charge >= 0.3 is 0 Å². The number of ether oxygens (including phenoxy) is 1. The van der Waals surface area contributed by atoms with E-state index in [9.17, 15) is 5.11 Å². The highest BCUT2D eigenvalue weighted by Gasteiger charge is 2.11. The molecule has 0 aliphatic heterocycles. The molecule has 1 N–H and O–H groups in total. The first-order valence-corrected chi connectivity index (χ1v) is 7.48. The van der Waals surface area contributed by atoms with E-state index in [4.69, 9.17) is 4.74 Å². The summed E-state index contributed by atoms with van der Waals surface area (Å²) in [4.78, 5) is 2.06. The largest absolute Gasteiger partial charge is 0.491 e. The first-order valence-electron chi connectivity index (χ1n) is 7.48. The zero-order chi connectivity index (χ0) is 16.1. The van der Waals surface area contributed by atoms with Gasteiger partial charge in [0.1, 0.15) is 18.5 Å². The molecule has 22 heavy (non-hydrogen) atoms. The number of aliphatic hydroxyl groups is 1. The van der Waals surface area contributed by atoms with Crippen LogP contribution in [0.4, 0.5) is 0 Å². The smallest absolute Gasteiger partial charge is 0.122 e. The van der Waals surface area contributed by atoms with Crippen LogP contribution >= 0.6 is 0 Å². The number of aliphatic hydroxyl groups excluding tert-OH is 1. The third kappa shape index (κ3) is 4.86. The van der Waals surface area contributed by atoms with Crippen LogP contribution in [-0.4, -0.2) is 46.1 Å². The topological polar surface area (TPSA) is 50.5 Å². The second-order valence-electron chi connectivity index (χ2n) is 5.95. The Labute approximate surface area is 132 Å². The summed E-state index contributed by atoms with van der Waals surface area (Å²) < 4.78 is 7.50. The second-order valence-corrected chi connectivity index (χ2v) is 5.95. The number of hydrogen-bond donors (Lipinski definition) is 1. The molecule has 1 atom stereocenters. The Hall–Kier alpha value is -1.85. The van der Waals surface area contributed by atoms with Crippen LogP contribution in [0.25, 0.3) is 0 Å². The summed E-state index contributed by atoms with van der Waals surface area (Å²) in [6.45, 7) is 5.68. The highest BCUT2D eigenvalue weighted by Crippen LogP contribution is 2.18. The third-order valence-corrected chi connectivity index (χ3v) is 3.49. The summed E-state index contributed by atoms with van der Waals surface area (Å²) in [7, 11) is 3.88. The van der Waals surface area contributed by atoms with Crippen LogP contribution in [0, 0.1) is 13.8 Å². The molecule has 2 rings (SSSR count). The van der Waals surface area contributed by atoms with Crippen LogP contribution < -0.4 is 4.74 Å². The second kappa shape index (κ2) is 7.42. The van der Waals surface area contributed by atoms with Crippen LogP contribution in [0.1, 0.15) is 16.7 Å². The van der Waals surface area contributed by atoms with Crippen LogP contribution in [0.2, 0.25) is 0 Å². The molecule has 5 heteroatoms. The molecule has 0 bridgehead atoms. The molecular formula is C17H25N3O2. The maximum atomic E-state index is 10.1. The minimum absolute atomic E-state index is 0.293. The Morgan fingerprint density at radius 3 is 2.77 bits per heavy atom. The Kier molecular flexibility index (Phi) is 5.57. The number of aryl methyl sites for hydroxylation is 3. The van der Waals surface area contributed by atoms with E-state index in [-0.39, 0.29) is 0 Å². The molecule has 0 aliphatic rings. The van der Waals surface area contributed by atoms with E-state index in [0.717, 1.165) is 23.4 Å². The summed E-state index contributed by atoms with van der Waals surface area (Å²) in [5.41, 5.74) is 3.44. The van der Waals surface area contributed by atoms with E-state index in [1.165, 1.54) is 5.56 Å². The molecule has 0 spiro atoms. The standard InChI is InChI=1S/C17H25N3O2/c1-13-5-6-17(14(2)7-13)22-12-16(21)11-19(3)9-15-8-18-20(4)10-15/h5-8,10,16,21H,9,11-12H2,1-4H3. The monoisotopic (exact) mass is 303 g/mol. The van der Waals surface area contributed by atoms with Crippen molar-refractivity contribution in [1.82, 2.24) is 14.7 Å². The van der Waals surface area contributed by atoms with E-state index in [1.54, 1.807) is 4.68 Å². The van der Waals surface area contributed by atoms with E-state index in [1.807, 2.05) is 45.5 Å². The summed E-state index contributed by atoms with van der Waals surface area (Å²) in [5.74, 6) is 0.833. The summed E-state index contributed by atoms with van der Waals surface area (Å²) in [5, 5.41) is 14.3. The van der Waals surface area contributed by atoms with E-state index >= 15 is 0 Å². The van der Waals surface area contributed by atoms with E-state index < -0.39 is 6.10 Å². The zero-order valence-corrected chi connectivity index (χ0v) is 13.8. The van der Waals surface area contributed by atoms with E-state index in [0.29, 0.717) is 13.2 Å². The quantitative estimate of drug-likeness (QED) is 0.849. The molecule has 1 heterocycles. The maximum Gasteiger partial charge on any atom is 0.122 e. The van der Waals surface area contributed by atoms with Crippen molar-refractivity contribution in [2.75, 3.05) is 20.2 Å². The average Bonchev–Trinajstić information content (AvgIpc) is 2.82. The number of nitrogens with zero attached hydrogens (tertiary/aromatic N) is 3. The summed E-state index contributed by atoms with van der Waals surface area (Å²) >= 11 is 0. The molecule has 2 aromatic rings. The number of rotatable bonds is 7. The van der Waals surface area contributed by atoms with Gasteiger partial charge < -0.3 is 9.84 Å². The normalized spacial score (nSPS) is 12.6. The SMILES string of the molecule is Cc1ccc(OCC(O)CN(C)Cc2cnn(C)c2)c(C)c1. The average molecular weight is 303 g/mol. The summed E-state index contributed by atoms with van der Waals surface area (Å²) in [6.07, 6.45) is 3.30. The van der Waals surface area contributed by atoms with Gasteiger partial charge in [-0.3, -0.25) is 9.58 Å². The van der Waals surface area contributed by atoms with Gasteiger partial charge in [0, 0.05) is 31.9 Å². The molecular weight excluding hydrogens is 278 g/mol. The fraction of sp³-hybridized carbons (Fsp3) is 0.471. The summed E-state index contributed by atoms with van der Waals surface area (Å²) in [6, 6.07) is 6.05. The minimum atomic E-state index is -0.526. The molecule has 1 aromatic carbocycles. The van der Waals surface area contributed by atoms with Crippen molar-refractivity contribution in [2.24, 2.45) is 7.05 Å². The molecule has 0 radical (unpaired) electrons. The molecule has 1 aromatic heterocycles. The fourth-order valence-corrected chi connectivity index (χ4v) is 2.49. The first kappa shape index (κ1) is 16.5. The zero-order valence-electron chi connectivity index (χ0n) is 13.8. The van der Waals surface area contributed by atoms with Gasteiger partial charge in [0.05, 0.1) is 6.20 Å². The van der Waals surface area contributed by atoms with Gasteiger partial charge in [0.2, 0.25) is 0 Å². The van der Waals surface area contributed by atoms with Crippen molar-refractivity contribution in [3.63, 3.8) is 0 Å².